The van der Waals surface area contributed by atoms with Gasteiger partial charge in [-0.25, -0.2) is 4.79 Å². The Morgan fingerprint density at radius 3 is 2.47 bits per heavy atom. The summed E-state index contributed by atoms with van der Waals surface area (Å²) in [4.78, 5) is 31.8. The number of carbonyl (C=O) groups excluding carboxylic acids is 2. The van der Waals surface area contributed by atoms with Crippen LogP contribution in [0.4, 0.5) is 4.79 Å². The molecule has 1 amide bonds. The third-order valence-corrected chi connectivity index (χ3v) is 2.95. The Morgan fingerprint density at radius 2 is 2.00 bits per heavy atom. The summed E-state index contributed by atoms with van der Waals surface area (Å²) in [6, 6.07) is 6.62. The van der Waals surface area contributed by atoms with E-state index in [4.69, 9.17) is 15.6 Å². The molecule has 0 saturated carbocycles. The van der Waals surface area contributed by atoms with Crippen LogP contribution in [0.15, 0.2) is 24.3 Å². The minimum absolute atomic E-state index is 0.371. The van der Waals surface area contributed by atoms with Crippen molar-refractivity contribution in [2.45, 2.75) is 11.7 Å². The summed E-state index contributed by atoms with van der Waals surface area (Å²) >= 11 is 0.775. The van der Waals surface area contributed by atoms with E-state index in [-0.39, 0.29) is 0 Å². The Balaban J connectivity index is 2.57. The van der Waals surface area contributed by atoms with Gasteiger partial charge >= 0.3 is 5.97 Å². The van der Waals surface area contributed by atoms with Crippen molar-refractivity contribution < 1.29 is 24.2 Å². The van der Waals surface area contributed by atoms with Crippen LogP contribution in [0.1, 0.15) is 5.56 Å². The highest BCUT2D eigenvalue weighted by molar-refractivity contribution is 8.14. The maximum Gasteiger partial charge on any atom is 0.341 e. The molecule has 1 atom stereocenters. The first-order valence-electron chi connectivity index (χ1n) is 5.36. The number of carboxylic acids is 1. The number of hydrogen-bond donors (Lipinski definition) is 2. The SMILES string of the molecule is NC(=O)SC(C=O)Cc1ccc(OCC(=O)O)cc1. The molecule has 6 nitrogen and oxygen atoms in total. The van der Waals surface area contributed by atoms with Crippen LogP contribution in [0, 0.1) is 0 Å². The molecule has 0 saturated heterocycles. The lowest BCUT2D eigenvalue weighted by atomic mass is 10.1. The molecule has 0 radical (unpaired) electrons. The molecule has 0 heterocycles. The van der Waals surface area contributed by atoms with Crippen LogP contribution in [-0.2, 0) is 16.0 Å². The largest absolute Gasteiger partial charge is 0.482 e. The second-order valence-corrected chi connectivity index (χ2v) is 4.89. The van der Waals surface area contributed by atoms with Crippen LogP contribution in [0.25, 0.3) is 0 Å². The summed E-state index contributed by atoms with van der Waals surface area (Å²) in [6.07, 6.45) is 1.04. The number of amides is 1. The van der Waals surface area contributed by atoms with Gasteiger partial charge in [-0.15, -0.1) is 0 Å². The molecule has 0 bridgehead atoms. The number of aldehydes is 1. The minimum atomic E-state index is -1.05. The van der Waals surface area contributed by atoms with Crippen LogP contribution in [-0.4, -0.2) is 34.5 Å². The fourth-order valence-electron chi connectivity index (χ4n) is 1.37. The van der Waals surface area contributed by atoms with Gasteiger partial charge in [0, 0.05) is 0 Å². The number of benzene rings is 1. The zero-order valence-electron chi connectivity index (χ0n) is 9.94. The lowest BCUT2D eigenvalue weighted by Crippen LogP contribution is -2.15. The fraction of sp³-hybridized carbons (Fsp3) is 0.250. The Hall–Kier alpha value is -2.02. The van der Waals surface area contributed by atoms with E-state index >= 15 is 0 Å². The first-order valence-corrected chi connectivity index (χ1v) is 6.24. The second-order valence-electron chi connectivity index (χ2n) is 3.64. The van der Waals surface area contributed by atoms with Gasteiger partial charge in [0.05, 0.1) is 5.25 Å². The van der Waals surface area contributed by atoms with Crippen LogP contribution in [0.2, 0.25) is 0 Å². The van der Waals surface area contributed by atoms with Gasteiger partial charge in [-0.05, 0) is 24.1 Å². The predicted octanol–water partition coefficient (Wildman–Crippen LogP) is 1.07. The number of hydrogen-bond acceptors (Lipinski definition) is 5. The summed E-state index contributed by atoms with van der Waals surface area (Å²) in [6.45, 7) is -0.409. The number of rotatable bonds is 7. The molecule has 0 fully saturated rings. The first-order chi connectivity index (χ1) is 9.01. The number of nitrogens with two attached hydrogens (primary N) is 1. The van der Waals surface area contributed by atoms with Gasteiger partial charge in [0.15, 0.2) is 6.61 Å². The van der Waals surface area contributed by atoms with Gasteiger partial charge < -0.3 is 20.4 Å². The molecule has 0 aliphatic carbocycles. The highest BCUT2D eigenvalue weighted by Gasteiger charge is 2.12. The summed E-state index contributed by atoms with van der Waals surface area (Å²) in [5.41, 5.74) is 5.83. The monoisotopic (exact) mass is 283 g/mol. The maximum atomic E-state index is 10.8. The third kappa shape index (κ3) is 5.91. The topological polar surface area (TPSA) is 107 Å². The van der Waals surface area contributed by atoms with Crippen LogP contribution in [0.3, 0.4) is 0 Å². The van der Waals surface area contributed by atoms with Crippen molar-refractivity contribution >= 4 is 29.3 Å². The molecular weight excluding hydrogens is 270 g/mol. The summed E-state index contributed by atoms with van der Waals surface area (Å²) < 4.78 is 4.97. The van der Waals surface area contributed by atoms with Gasteiger partial charge in [-0.2, -0.15) is 0 Å². The number of primary amides is 1. The van der Waals surface area contributed by atoms with Crippen molar-refractivity contribution in [2.24, 2.45) is 5.73 Å². The Kier molecular flexibility index (Phi) is 5.87. The normalized spacial score (nSPS) is 11.6. The average Bonchev–Trinajstić information content (AvgIpc) is 2.36. The molecule has 1 unspecified atom stereocenters. The van der Waals surface area contributed by atoms with Crippen LogP contribution >= 0.6 is 11.8 Å². The fourth-order valence-corrected chi connectivity index (χ4v) is 2.00. The molecule has 0 spiro atoms. The number of ether oxygens (including phenoxy) is 1. The Bertz CT molecular complexity index is 460. The first kappa shape index (κ1) is 15.0. The maximum absolute atomic E-state index is 10.8. The van der Waals surface area contributed by atoms with Gasteiger partial charge in [0.1, 0.15) is 12.0 Å². The molecular formula is C12H13NO5S. The van der Waals surface area contributed by atoms with Gasteiger partial charge in [-0.1, -0.05) is 23.9 Å². The highest BCUT2D eigenvalue weighted by Crippen LogP contribution is 2.17. The van der Waals surface area contributed by atoms with E-state index in [9.17, 15) is 14.4 Å². The van der Waals surface area contributed by atoms with Crippen LogP contribution in [0.5, 0.6) is 5.75 Å². The van der Waals surface area contributed by atoms with Crippen LogP contribution < -0.4 is 10.5 Å². The lowest BCUT2D eigenvalue weighted by Gasteiger charge is -2.08. The second kappa shape index (κ2) is 7.42. The standard InChI is InChI=1S/C12H13NO5S/c13-12(17)19-10(6-14)5-8-1-3-9(4-2-8)18-7-11(15)16/h1-4,6,10H,5,7H2,(H2,13,17)(H,15,16). The third-order valence-electron chi connectivity index (χ3n) is 2.14. The average molecular weight is 283 g/mol. The summed E-state index contributed by atoms with van der Waals surface area (Å²) in [7, 11) is 0. The molecule has 102 valence electrons. The summed E-state index contributed by atoms with van der Waals surface area (Å²) in [5.74, 6) is -0.626. The van der Waals surface area contributed by atoms with Gasteiger partial charge in [0.2, 0.25) is 0 Å². The lowest BCUT2D eigenvalue weighted by molar-refractivity contribution is -0.139. The van der Waals surface area contributed by atoms with Crippen molar-refractivity contribution in [3.63, 3.8) is 0 Å². The predicted molar refractivity (Wildman–Crippen MR) is 70.3 cm³/mol. The smallest absolute Gasteiger partial charge is 0.341 e. The van der Waals surface area contributed by atoms with E-state index in [0.717, 1.165) is 17.3 Å². The Labute approximate surface area is 113 Å². The zero-order chi connectivity index (χ0) is 14.3. The van der Waals surface area contributed by atoms with Crippen molar-refractivity contribution in [2.75, 3.05) is 6.61 Å². The van der Waals surface area contributed by atoms with E-state index in [1.54, 1.807) is 24.3 Å². The van der Waals surface area contributed by atoms with Crippen molar-refractivity contribution in [3.05, 3.63) is 29.8 Å². The molecule has 7 heteroatoms. The molecule has 3 N–H and O–H groups in total. The van der Waals surface area contributed by atoms with Crippen molar-refractivity contribution in [1.82, 2.24) is 0 Å². The highest BCUT2D eigenvalue weighted by atomic mass is 32.2. The molecule has 1 aromatic rings. The Morgan fingerprint density at radius 1 is 1.37 bits per heavy atom. The van der Waals surface area contributed by atoms with Crippen molar-refractivity contribution in [1.29, 1.82) is 0 Å². The number of aliphatic carboxylic acids is 1. The summed E-state index contributed by atoms with van der Waals surface area (Å²) in [5, 5.41) is 7.33. The van der Waals surface area contributed by atoms with Gasteiger partial charge in [0.25, 0.3) is 5.24 Å². The van der Waals surface area contributed by atoms with E-state index in [1.165, 1.54) is 0 Å². The number of carboxylic acid groups (broad SMARTS) is 1. The van der Waals surface area contributed by atoms with Gasteiger partial charge in [-0.3, -0.25) is 4.79 Å². The van der Waals surface area contributed by atoms with E-state index < -0.39 is 23.1 Å². The molecule has 1 rings (SSSR count). The molecule has 0 aliphatic heterocycles. The molecule has 0 aromatic heterocycles. The quantitative estimate of drug-likeness (QED) is 0.725. The number of carbonyl (C=O) groups is 3. The van der Waals surface area contributed by atoms with E-state index in [0.29, 0.717) is 18.5 Å². The molecule has 1 aromatic carbocycles. The minimum Gasteiger partial charge on any atom is -0.482 e. The van der Waals surface area contributed by atoms with E-state index in [1.807, 2.05) is 0 Å². The van der Waals surface area contributed by atoms with E-state index in [2.05, 4.69) is 0 Å². The zero-order valence-corrected chi connectivity index (χ0v) is 10.8. The van der Waals surface area contributed by atoms with Crippen molar-refractivity contribution in [3.8, 4) is 5.75 Å². The molecule has 0 aliphatic rings. The molecule has 19 heavy (non-hydrogen) atoms. The number of thioether (sulfide) groups is 1.